The number of rotatable bonds is 4. The van der Waals surface area contributed by atoms with E-state index in [-0.39, 0.29) is 11.1 Å². The molecule has 0 saturated heterocycles. The summed E-state index contributed by atoms with van der Waals surface area (Å²) in [6, 6.07) is 0. The number of hydrogen-bond acceptors (Lipinski definition) is 3. The molecule has 0 amide bonds. The standard InChI is InChI=1S/C19H36O3Si/c1-17(2,3)23(6,7)22-15-11-10-14(18(4,5)20)16(15)19(21)12-8-9-13-19/h15,20-21H,8-13H2,1-7H3. The maximum Gasteiger partial charge on any atom is 0.192 e. The first-order chi connectivity index (χ1) is 10.3. The van der Waals surface area contributed by atoms with Crippen LogP contribution in [0, 0.1) is 0 Å². The van der Waals surface area contributed by atoms with E-state index < -0.39 is 19.5 Å². The van der Waals surface area contributed by atoms with Gasteiger partial charge in [0.15, 0.2) is 8.32 Å². The molecule has 0 aromatic rings. The highest BCUT2D eigenvalue weighted by Gasteiger charge is 2.49. The molecule has 0 aromatic carbocycles. The fourth-order valence-corrected chi connectivity index (χ4v) is 5.14. The van der Waals surface area contributed by atoms with Gasteiger partial charge in [-0.3, -0.25) is 0 Å². The summed E-state index contributed by atoms with van der Waals surface area (Å²) in [5, 5.41) is 22.0. The predicted molar refractivity (Wildman–Crippen MR) is 98.0 cm³/mol. The Morgan fingerprint density at radius 3 is 2.04 bits per heavy atom. The SMILES string of the molecule is CC(C)(O)C1=C(C2(O)CCCC2)C(O[Si](C)(C)C(C)(C)C)CC1. The molecule has 0 bridgehead atoms. The van der Waals surface area contributed by atoms with Crippen molar-refractivity contribution in [3.8, 4) is 0 Å². The molecule has 0 aliphatic heterocycles. The summed E-state index contributed by atoms with van der Waals surface area (Å²) in [5.41, 5.74) is 0.399. The van der Waals surface area contributed by atoms with Gasteiger partial charge in [-0.25, -0.2) is 0 Å². The van der Waals surface area contributed by atoms with E-state index in [9.17, 15) is 10.2 Å². The van der Waals surface area contributed by atoms with E-state index in [1.54, 1.807) is 0 Å². The van der Waals surface area contributed by atoms with Crippen LogP contribution in [-0.4, -0.2) is 35.8 Å². The Bertz CT molecular complexity index is 474. The van der Waals surface area contributed by atoms with Crippen LogP contribution >= 0.6 is 0 Å². The molecule has 1 saturated carbocycles. The molecule has 2 aliphatic rings. The van der Waals surface area contributed by atoms with Crippen LogP contribution in [0.4, 0.5) is 0 Å². The Morgan fingerprint density at radius 1 is 1.09 bits per heavy atom. The maximum absolute atomic E-state index is 11.3. The lowest BCUT2D eigenvalue weighted by Gasteiger charge is -2.41. The molecule has 3 nitrogen and oxygen atoms in total. The van der Waals surface area contributed by atoms with E-state index in [4.69, 9.17) is 4.43 Å². The smallest absolute Gasteiger partial charge is 0.192 e. The second kappa shape index (κ2) is 5.97. The van der Waals surface area contributed by atoms with Crippen LogP contribution in [0.5, 0.6) is 0 Å². The highest BCUT2D eigenvalue weighted by molar-refractivity contribution is 6.74. The molecule has 134 valence electrons. The molecule has 1 unspecified atom stereocenters. The monoisotopic (exact) mass is 340 g/mol. The minimum absolute atomic E-state index is 0.0274. The summed E-state index contributed by atoms with van der Waals surface area (Å²) in [7, 11) is -1.91. The Labute approximate surface area is 143 Å². The highest BCUT2D eigenvalue weighted by atomic mass is 28.4. The van der Waals surface area contributed by atoms with E-state index in [0.29, 0.717) is 0 Å². The van der Waals surface area contributed by atoms with Crippen molar-refractivity contribution in [1.82, 2.24) is 0 Å². The maximum atomic E-state index is 11.3. The lowest BCUT2D eigenvalue weighted by molar-refractivity contribution is 0.0530. The molecule has 0 spiro atoms. The minimum Gasteiger partial charge on any atom is -0.410 e. The van der Waals surface area contributed by atoms with Crippen LogP contribution < -0.4 is 0 Å². The van der Waals surface area contributed by atoms with Gasteiger partial charge >= 0.3 is 0 Å². The van der Waals surface area contributed by atoms with Crippen molar-refractivity contribution < 1.29 is 14.6 Å². The van der Waals surface area contributed by atoms with Crippen LogP contribution in [0.25, 0.3) is 0 Å². The zero-order valence-corrected chi connectivity index (χ0v) is 17.1. The molecule has 23 heavy (non-hydrogen) atoms. The van der Waals surface area contributed by atoms with E-state index in [1.807, 2.05) is 13.8 Å². The van der Waals surface area contributed by atoms with Crippen LogP contribution in [0.15, 0.2) is 11.1 Å². The van der Waals surface area contributed by atoms with Crippen molar-refractivity contribution in [1.29, 1.82) is 0 Å². The van der Waals surface area contributed by atoms with Gasteiger partial charge < -0.3 is 14.6 Å². The normalized spacial score (nSPS) is 26.2. The molecule has 2 rings (SSSR count). The lowest BCUT2D eigenvalue weighted by Crippen LogP contribution is -2.46. The first-order valence-electron chi connectivity index (χ1n) is 9.14. The zero-order valence-electron chi connectivity index (χ0n) is 16.1. The highest BCUT2D eigenvalue weighted by Crippen LogP contribution is 2.49. The molecule has 4 heteroatoms. The van der Waals surface area contributed by atoms with Gasteiger partial charge in [-0.2, -0.15) is 0 Å². The van der Waals surface area contributed by atoms with Crippen LogP contribution in [0.1, 0.15) is 73.1 Å². The molecule has 1 fully saturated rings. The Hall–Kier alpha value is -0.163. The van der Waals surface area contributed by atoms with Crippen molar-refractivity contribution >= 4 is 8.32 Å². The third-order valence-corrected chi connectivity index (χ3v) is 10.7. The Balaban J connectivity index is 2.39. The first kappa shape index (κ1) is 19.2. The summed E-state index contributed by atoms with van der Waals surface area (Å²) < 4.78 is 6.69. The molecule has 2 N–H and O–H groups in total. The average molecular weight is 341 g/mol. The van der Waals surface area contributed by atoms with Gasteiger partial charge in [0.25, 0.3) is 0 Å². The summed E-state index contributed by atoms with van der Waals surface area (Å²) in [6.45, 7) is 15.0. The van der Waals surface area contributed by atoms with Gasteiger partial charge in [0.2, 0.25) is 0 Å². The minimum atomic E-state index is -1.91. The summed E-state index contributed by atoms with van der Waals surface area (Å²) in [6.07, 6.45) is 5.43. The van der Waals surface area contributed by atoms with E-state index in [0.717, 1.165) is 49.7 Å². The third kappa shape index (κ3) is 3.76. The molecule has 2 aliphatic carbocycles. The van der Waals surface area contributed by atoms with Crippen molar-refractivity contribution in [3.63, 3.8) is 0 Å². The lowest BCUT2D eigenvalue weighted by atomic mass is 9.83. The molecule has 0 radical (unpaired) electrons. The predicted octanol–water partition coefficient (Wildman–Crippen LogP) is 4.54. The fourth-order valence-electron chi connectivity index (χ4n) is 3.84. The first-order valence-corrected chi connectivity index (χ1v) is 12.1. The van der Waals surface area contributed by atoms with Gasteiger partial charge in [0.1, 0.15) is 0 Å². The van der Waals surface area contributed by atoms with Crippen molar-refractivity contribution in [2.24, 2.45) is 0 Å². The Kier molecular flexibility index (Phi) is 4.98. The van der Waals surface area contributed by atoms with Gasteiger partial charge in [-0.15, -0.1) is 0 Å². The molecular weight excluding hydrogens is 304 g/mol. The van der Waals surface area contributed by atoms with Gasteiger partial charge in [0, 0.05) is 0 Å². The number of hydrogen-bond donors (Lipinski definition) is 2. The summed E-state index contributed by atoms with van der Waals surface area (Å²) in [4.78, 5) is 0. The quantitative estimate of drug-likeness (QED) is 0.583. The fraction of sp³-hybridized carbons (Fsp3) is 0.895. The van der Waals surface area contributed by atoms with Crippen molar-refractivity contribution in [2.45, 2.75) is 109 Å². The second-order valence-electron chi connectivity index (χ2n) is 9.60. The van der Waals surface area contributed by atoms with Crippen molar-refractivity contribution in [2.75, 3.05) is 0 Å². The second-order valence-corrected chi connectivity index (χ2v) is 14.4. The molecule has 1 atom stereocenters. The van der Waals surface area contributed by atoms with Crippen molar-refractivity contribution in [3.05, 3.63) is 11.1 Å². The van der Waals surface area contributed by atoms with Crippen LogP contribution in [0.3, 0.4) is 0 Å². The molecule has 0 heterocycles. The molecular formula is C19H36O3Si. The van der Waals surface area contributed by atoms with E-state index in [1.165, 1.54) is 0 Å². The zero-order chi connectivity index (χ0) is 17.7. The third-order valence-electron chi connectivity index (χ3n) is 6.22. The van der Waals surface area contributed by atoms with Gasteiger partial charge in [0.05, 0.1) is 17.3 Å². The molecule has 0 aromatic heterocycles. The summed E-state index contributed by atoms with van der Waals surface area (Å²) >= 11 is 0. The van der Waals surface area contributed by atoms with Crippen LogP contribution in [0.2, 0.25) is 18.1 Å². The Morgan fingerprint density at radius 2 is 1.61 bits per heavy atom. The largest absolute Gasteiger partial charge is 0.410 e. The number of aliphatic hydroxyl groups is 2. The van der Waals surface area contributed by atoms with E-state index in [2.05, 4.69) is 33.9 Å². The van der Waals surface area contributed by atoms with Gasteiger partial charge in [-0.05, 0) is 68.8 Å². The average Bonchev–Trinajstić information content (AvgIpc) is 2.93. The topological polar surface area (TPSA) is 49.7 Å². The van der Waals surface area contributed by atoms with Gasteiger partial charge in [-0.1, -0.05) is 33.6 Å². The van der Waals surface area contributed by atoms with Crippen LogP contribution in [-0.2, 0) is 4.43 Å². The summed E-state index contributed by atoms with van der Waals surface area (Å²) in [5.74, 6) is 0. The van der Waals surface area contributed by atoms with E-state index >= 15 is 0 Å².